The third-order valence-corrected chi connectivity index (χ3v) is 6.46. The molecule has 3 aliphatic rings. The molecule has 2 amide bonds. The fraction of sp³-hybridized carbons (Fsp3) is 0.478. The molecule has 1 fully saturated rings. The Morgan fingerprint density at radius 1 is 1.24 bits per heavy atom. The predicted octanol–water partition coefficient (Wildman–Crippen LogP) is 1.30. The molecule has 0 spiro atoms. The van der Waals surface area contributed by atoms with Crippen LogP contribution in [0.3, 0.4) is 0 Å². The van der Waals surface area contributed by atoms with Crippen molar-refractivity contribution in [1.29, 1.82) is 0 Å². The number of nitrogens with zero attached hydrogens (tertiary/aromatic N) is 2. The van der Waals surface area contributed by atoms with Crippen molar-refractivity contribution < 1.29 is 24.2 Å². The summed E-state index contributed by atoms with van der Waals surface area (Å²) in [6.07, 6.45) is 2.43. The van der Waals surface area contributed by atoms with Crippen LogP contribution in [0.25, 0.3) is 0 Å². The van der Waals surface area contributed by atoms with E-state index in [-0.39, 0.29) is 18.3 Å². The van der Waals surface area contributed by atoms with Gasteiger partial charge in [0.05, 0.1) is 5.54 Å². The minimum atomic E-state index is -1.64. The standard InChI is InChI=1S/C23H27FN4O5/c1-22(2,33)21(32)27-23-9-7-14(8-10-23)12-28-19(31)17(29)16(26-20(23)28)18(30)25-11-13-3-5-15(24)6-4-13/h3-6,14,29,33H,7-12H2,1-2H3,(H,25,30)(H,27,32). The molecular weight excluding hydrogens is 431 g/mol. The molecule has 0 unspecified atom stereocenters. The van der Waals surface area contributed by atoms with Crippen LogP contribution >= 0.6 is 0 Å². The van der Waals surface area contributed by atoms with Gasteiger partial charge in [-0.2, -0.15) is 0 Å². The Bertz CT molecular complexity index is 1150. The number of halogens is 1. The van der Waals surface area contributed by atoms with Crippen LogP contribution in [0, 0.1) is 11.7 Å². The van der Waals surface area contributed by atoms with Crippen molar-refractivity contribution in [2.75, 3.05) is 0 Å². The van der Waals surface area contributed by atoms with E-state index in [9.17, 15) is 29.0 Å². The first kappa shape index (κ1) is 22.9. The molecule has 1 saturated carbocycles. The molecule has 0 radical (unpaired) electrons. The topological polar surface area (TPSA) is 134 Å². The highest BCUT2D eigenvalue weighted by molar-refractivity contribution is 5.94. The number of hydrogen-bond acceptors (Lipinski definition) is 6. The highest BCUT2D eigenvalue weighted by Gasteiger charge is 2.47. The van der Waals surface area contributed by atoms with Gasteiger partial charge in [0.1, 0.15) is 17.2 Å². The number of hydrogen-bond donors (Lipinski definition) is 4. The lowest BCUT2D eigenvalue weighted by Gasteiger charge is -2.38. The van der Waals surface area contributed by atoms with Crippen LogP contribution in [0.1, 0.15) is 61.4 Å². The van der Waals surface area contributed by atoms with Crippen LogP contribution < -0.4 is 16.2 Å². The van der Waals surface area contributed by atoms with Gasteiger partial charge < -0.3 is 20.8 Å². The molecule has 1 aromatic heterocycles. The van der Waals surface area contributed by atoms with Crippen molar-refractivity contribution >= 4 is 11.8 Å². The molecule has 5 rings (SSSR count). The smallest absolute Gasteiger partial charge is 0.296 e. The number of carbonyl (C=O) groups excluding carboxylic acids is 2. The number of aromatic nitrogens is 2. The molecule has 33 heavy (non-hydrogen) atoms. The van der Waals surface area contributed by atoms with Crippen molar-refractivity contribution in [2.24, 2.45) is 5.92 Å². The van der Waals surface area contributed by atoms with Gasteiger partial charge in [-0.05, 0) is 63.1 Å². The van der Waals surface area contributed by atoms with Gasteiger partial charge in [-0.1, -0.05) is 12.1 Å². The van der Waals surface area contributed by atoms with Gasteiger partial charge >= 0.3 is 0 Å². The predicted molar refractivity (Wildman–Crippen MR) is 116 cm³/mol. The van der Waals surface area contributed by atoms with E-state index in [1.807, 2.05) is 0 Å². The van der Waals surface area contributed by atoms with E-state index in [0.717, 1.165) is 12.8 Å². The fourth-order valence-electron chi connectivity index (χ4n) is 4.49. The summed E-state index contributed by atoms with van der Waals surface area (Å²) in [7, 11) is 0. The normalized spacial score (nSPS) is 21.8. The molecule has 2 aliphatic heterocycles. The Balaban J connectivity index is 1.71. The summed E-state index contributed by atoms with van der Waals surface area (Å²) in [6.45, 7) is 3.10. The third-order valence-electron chi connectivity index (χ3n) is 6.46. The zero-order valence-corrected chi connectivity index (χ0v) is 18.5. The molecule has 9 nitrogen and oxygen atoms in total. The summed E-state index contributed by atoms with van der Waals surface area (Å²) in [5, 5.41) is 26.1. The number of amides is 2. The molecule has 1 aromatic carbocycles. The molecule has 176 valence electrons. The van der Waals surface area contributed by atoms with Crippen molar-refractivity contribution in [3.8, 4) is 5.75 Å². The van der Waals surface area contributed by atoms with Crippen LogP contribution in [0.2, 0.25) is 0 Å². The lowest BCUT2D eigenvalue weighted by molar-refractivity contribution is -0.139. The van der Waals surface area contributed by atoms with Crippen molar-refractivity contribution in [3.05, 3.63) is 57.5 Å². The molecule has 10 heteroatoms. The number of nitrogens with one attached hydrogen (secondary N) is 2. The number of rotatable bonds is 5. The molecule has 3 heterocycles. The van der Waals surface area contributed by atoms with Crippen molar-refractivity contribution in [3.63, 3.8) is 0 Å². The second kappa shape index (κ2) is 8.26. The Morgan fingerprint density at radius 2 is 1.88 bits per heavy atom. The van der Waals surface area contributed by atoms with E-state index in [0.29, 0.717) is 24.9 Å². The molecule has 2 aromatic rings. The van der Waals surface area contributed by atoms with E-state index in [1.165, 1.54) is 42.7 Å². The first-order chi connectivity index (χ1) is 15.5. The maximum absolute atomic E-state index is 13.1. The minimum Gasteiger partial charge on any atom is -0.501 e. The summed E-state index contributed by atoms with van der Waals surface area (Å²) < 4.78 is 14.4. The molecule has 2 bridgehead atoms. The van der Waals surface area contributed by atoms with E-state index < -0.39 is 45.8 Å². The van der Waals surface area contributed by atoms with Crippen LogP contribution in [-0.4, -0.2) is 37.2 Å². The maximum Gasteiger partial charge on any atom is 0.296 e. The van der Waals surface area contributed by atoms with E-state index in [2.05, 4.69) is 15.6 Å². The zero-order chi connectivity index (χ0) is 24.0. The van der Waals surface area contributed by atoms with E-state index in [1.54, 1.807) is 0 Å². The number of benzene rings is 1. The summed E-state index contributed by atoms with van der Waals surface area (Å²) in [4.78, 5) is 42.9. The molecule has 4 N–H and O–H groups in total. The largest absolute Gasteiger partial charge is 0.501 e. The summed E-state index contributed by atoms with van der Waals surface area (Å²) in [5.41, 5.74) is -3.24. The Labute approximate surface area is 189 Å². The summed E-state index contributed by atoms with van der Waals surface area (Å²) >= 11 is 0. The van der Waals surface area contributed by atoms with Crippen molar-refractivity contribution in [1.82, 2.24) is 20.2 Å². The lowest BCUT2D eigenvalue weighted by Crippen LogP contribution is -2.55. The Morgan fingerprint density at radius 3 is 2.48 bits per heavy atom. The summed E-state index contributed by atoms with van der Waals surface area (Å²) in [5.74, 6) is -2.17. The Hall–Kier alpha value is -3.27. The Kier molecular flexibility index (Phi) is 5.73. The first-order valence-electron chi connectivity index (χ1n) is 10.9. The van der Waals surface area contributed by atoms with E-state index in [4.69, 9.17) is 0 Å². The highest BCUT2D eigenvalue weighted by Crippen LogP contribution is 2.43. The quantitative estimate of drug-likeness (QED) is 0.534. The minimum absolute atomic E-state index is 0.0430. The van der Waals surface area contributed by atoms with Crippen LogP contribution in [-0.2, 0) is 23.4 Å². The highest BCUT2D eigenvalue weighted by atomic mass is 19.1. The van der Waals surface area contributed by atoms with E-state index >= 15 is 0 Å². The van der Waals surface area contributed by atoms with Crippen molar-refractivity contribution in [2.45, 2.75) is 63.8 Å². The van der Waals surface area contributed by atoms with Gasteiger partial charge in [-0.25, -0.2) is 9.37 Å². The van der Waals surface area contributed by atoms with Crippen LogP contribution in [0.4, 0.5) is 4.39 Å². The van der Waals surface area contributed by atoms with Gasteiger partial charge in [-0.15, -0.1) is 0 Å². The molecule has 1 aliphatic carbocycles. The number of aliphatic hydroxyl groups is 1. The average molecular weight is 458 g/mol. The van der Waals surface area contributed by atoms with Crippen LogP contribution in [0.15, 0.2) is 29.1 Å². The molecular formula is C23H27FN4O5. The van der Waals surface area contributed by atoms with Gasteiger partial charge in [0.2, 0.25) is 5.75 Å². The summed E-state index contributed by atoms with van der Waals surface area (Å²) in [6, 6.07) is 5.54. The average Bonchev–Trinajstić information content (AvgIpc) is 3.01. The van der Waals surface area contributed by atoms with Gasteiger partial charge in [0.15, 0.2) is 5.69 Å². The van der Waals surface area contributed by atoms with Crippen LogP contribution in [0.5, 0.6) is 5.75 Å². The molecule has 0 saturated heterocycles. The number of fused-ring (bicyclic) bond motifs is 2. The number of carbonyl (C=O) groups is 2. The maximum atomic E-state index is 13.1. The first-order valence-corrected chi connectivity index (χ1v) is 10.9. The zero-order valence-electron chi connectivity index (χ0n) is 18.5. The monoisotopic (exact) mass is 458 g/mol. The fourth-order valence-corrected chi connectivity index (χ4v) is 4.49. The van der Waals surface area contributed by atoms with Gasteiger partial charge in [0, 0.05) is 13.1 Å². The molecule has 0 atom stereocenters. The number of aromatic hydroxyl groups is 1. The van der Waals surface area contributed by atoms with Gasteiger partial charge in [-0.3, -0.25) is 19.0 Å². The second-order valence-electron chi connectivity index (χ2n) is 9.40. The SMILES string of the molecule is CC(C)(O)C(=O)NC12CCC(CC1)Cn1c2nc(C(=O)NCc2ccc(F)cc2)c(O)c1=O. The third kappa shape index (κ3) is 4.35. The second-order valence-corrected chi connectivity index (χ2v) is 9.40. The lowest BCUT2D eigenvalue weighted by atomic mass is 9.77. The van der Waals surface area contributed by atoms with Gasteiger partial charge in [0.25, 0.3) is 17.4 Å².